The molecule has 0 saturated carbocycles. The lowest BCUT2D eigenvalue weighted by atomic mass is 10.2. The van der Waals surface area contributed by atoms with Crippen LogP contribution in [0, 0.1) is 0 Å². The Kier molecular flexibility index (Phi) is 5.41. The molecule has 1 amide bonds. The van der Waals surface area contributed by atoms with Gasteiger partial charge in [-0.2, -0.15) is 0 Å². The first kappa shape index (κ1) is 18.7. The number of fused-ring (bicyclic) bond motifs is 1. The lowest BCUT2D eigenvalue weighted by molar-refractivity contribution is -0.111. The molecule has 0 spiro atoms. The number of hydrogen-bond donors (Lipinski definition) is 1. The van der Waals surface area contributed by atoms with E-state index in [1.54, 1.807) is 17.4 Å². The molecule has 28 heavy (non-hydrogen) atoms. The zero-order valence-corrected chi connectivity index (χ0v) is 16.9. The second kappa shape index (κ2) is 8.12. The Morgan fingerprint density at radius 3 is 2.82 bits per heavy atom. The topological polar surface area (TPSA) is 48.5 Å². The van der Waals surface area contributed by atoms with Crippen LogP contribution in [0.2, 0.25) is 0 Å². The van der Waals surface area contributed by atoms with Gasteiger partial charge in [-0.05, 0) is 50.4 Å². The van der Waals surface area contributed by atoms with Crippen LogP contribution in [0.1, 0.15) is 12.0 Å². The van der Waals surface area contributed by atoms with Gasteiger partial charge >= 0.3 is 0 Å². The predicted octanol–water partition coefficient (Wildman–Crippen LogP) is 4.09. The smallest absolute Gasteiger partial charge is 0.248 e. The van der Waals surface area contributed by atoms with E-state index >= 15 is 0 Å². The van der Waals surface area contributed by atoms with Crippen LogP contribution in [-0.4, -0.2) is 49.0 Å². The van der Waals surface area contributed by atoms with Crippen LogP contribution >= 0.6 is 11.3 Å². The van der Waals surface area contributed by atoms with Crippen LogP contribution in [0.25, 0.3) is 16.3 Å². The van der Waals surface area contributed by atoms with Crippen molar-refractivity contribution >= 4 is 44.4 Å². The number of carbonyl (C=O) groups is 1. The van der Waals surface area contributed by atoms with E-state index in [9.17, 15) is 4.79 Å². The highest BCUT2D eigenvalue weighted by molar-refractivity contribution is 7.22. The largest absolute Gasteiger partial charge is 0.346 e. The monoisotopic (exact) mass is 392 g/mol. The van der Waals surface area contributed by atoms with E-state index in [1.807, 2.05) is 54.6 Å². The summed E-state index contributed by atoms with van der Waals surface area (Å²) in [7, 11) is 4.27. The zero-order valence-electron chi connectivity index (χ0n) is 16.1. The average molecular weight is 393 g/mol. The van der Waals surface area contributed by atoms with Gasteiger partial charge in [-0.15, -0.1) is 0 Å². The molecule has 0 aliphatic carbocycles. The molecule has 4 rings (SSSR count). The van der Waals surface area contributed by atoms with E-state index < -0.39 is 0 Å². The maximum Gasteiger partial charge on any atom is 0.248 e. The molecular formula is C22H24N4OS. The Bertz CT molecular complexity index is 996. The number of aromatic nitrogens is 1. The van der Waals surface area contributed by atoms with Crippen molar-refractivity contribution in [3.05, 3.63) is 60.2 Å². The first-order valence-corrected chi connectivity index (χ1v) is 10.3. The molecule has 2 heterocycles. The van der Waals surface area contributed by atoms with E-state index in [1.165, 1.54) is 0 Å². The fourth-order valence-corrected chi connectivity index (χ4v) is 4.42. The minimum absolute atomic E-state index is 0.138. The van der Waals surface area contributed by atoms with Gasteiger partial charge in [0.1, 0.15) is 0 Å². The number of benzene rings is 2. The number of thiazole rings is 1. The molecule has 1 aliphatic rings. The number of carbonyl (C=O) groups excluding carboxylic acids is 1. The van der Waals surface area contributed by atoms with Crippen molar-refractivity contribution in [2.45, 2.75) is 12.5 Å². The molecule has 2 aromatic carbocycles. The summed E-state index contributed by atoms with van der Waals surface area (Å²) in [5.74, 6) is -0.138. The maximum absolute atomic E-state index is 12.2. The third-order valence-electron chi connectivity index (χ3n) is 5.04. The Balaban J connectivity index is 1.45. The minimum Gasteiger partial charge on any atom is -0.346 e. The van der Waals surface area contributed by atoms with Crippen molar-refractivity contribution in [2.24, 2.45) is 0 Å². The lowest BCUT2D eigenvalue weighted by Gasteiger charge is -2.19. The SMILES string of the molecule is CN(C)C1CCN(c2nc3ccc(NC(=O)C=Cc4ccccc4)cc3s2)C1. The molecule has 1 aromatic heterocycles. The van der Waals surface area contributed by atoms with E-state index in [2.05, 4.69) is 29.2 Å². The van der Waals surface area contributed by atoms with Gasteiger partial charge in [0.2, 0.25) is 5.91 Å². The number of anilines is 2. The van der Waals surface area contributed by atoms with Crippen molar-refractivity contribution < 1.29 is 4.79 Å². The van der Waals surface area contributed by atoms with Crippen molar-refractivity contribution in [3.8, 4) is 0 Å². The lowest BCUT2D eigenvalue weighted by Crippen LogP contribution is -2.31. The fourth-order valence-electron chi connectivity index (χ4n) is 3.38. The van der Waals surface area contributed by atoms with Gasteiger partial charge in [-0.25, -0.2) is 4.98 Å². The van der Waals surface area contributed by atoms with Gasteiger partial charge in [0, 0.05) is 30.9 Å². The summed E-state index contributed by atoms with van der Waals surface area (Å²) in [5, 5.41) is 4.00. The molecule has 1 atom stereocenters. The summed E-state index contributed by atoms with van der Waals surface area (Å²) < 4.78 is 1.09. The third-order valence-corrected chi connectivity index (χ3v) is 6.11. The van der Waals surface area contributed by atoms with Gasteiger partial charge in [0.15, 0.2) is 5.13 Å². The molecule has 1 N–H and O–H groups in total. The van der Waals surface area contributed by atoms with Crippen molar-refractivity contribution in [2.75, 3.05) is 37.4 Å². The molecule has 1 fully saturated rings. The highest BCUT2D eigenvalue weighted by Gasteiger charge is 2.26. The molecule has 1 aliphatic heterocycles. The fraction of sp³-hybridized carbons (Fsp3) is 0.273. The number of nitrogens with zero attached hydrogens (tertiary/aromatic N) is 3. The Morgan fingerprint density at radius 1 is 1.25 bits per heavy atom. The van der Waals surface area contributed by atoms with Crippen LogP contribution in [0.3, 0.4) is 0 Å². The molecule has 0 radical (unpaired) electrons. The highest BCUT2D eigenvalue weighted by Crippen LogP contribution is 2.33. The third kappa shape index (κ3) is 4.24. The second-order valence-corrected chi connectivity index (χ2v) is 8.27. The predicted molar refractivity (Wildman–Crippen MR) is 118 cm³/mol. The van der Waals surface area contributed by atoms with Crippen molar-refractivity contribution in [3.63, 3.8) is 0 Å². The summed E-state index contributed by atoms with van der Waals surface area (Å²) in [5.41, 5.74) is 2.77. The molecule has 6 heteroatoms. The number of hydrogen-bond acceptors (Lipinski definition) is 5. The van der Waals surface area contributed by atoms with E-state index in [4.69, 9.17) is 4.98 Å². The molecule has 3 aromatic rings. The standard InChI is InChI=1S/C22H24N4OS/c1-25(2)18-12-13-26(15-18)22-24-19-10-9-17(14-20(19)28-22)23-21(27)11-8-16-6-4-3-5-7-16/h3-11,14,18H,12-13,15H2,1-2H3,(H,23,27). The quantitative estimate of drug-likeness (QED) is 0.665. The number of likely N-dealkylation sites (N-methyl/N-ethyl adjacent to an activating group) is 1. The van der Waals surface area contributed by atoms with E-state index in [0.29, 0.717) is 6.04 Å². The summed E-state index contributed by atoms with van der Waals surface area (Å²) in [6.07, 6.45) is 4.54. The normalized spacial score (nSPS) is 17.1. The number of nitrogens with one attached hydrogen (secondary N) is 1. The van der Waals surface area contributed by atoms with Gasteiger partial charge < -0.3 is 15.1 Å². The first-order valence-electron chi connectivity index (χ1n) is 9.44. The van der Waals surface area contributed by atoms with Crippen LogP contribution in [0.4, 0.5) is 10.8 Å². The van der Waals surface area contributed by atoms with E-state index in [-0.39, 0.29) is 5.91 Å². The first-order chi connectivity index (χ1) is 13.6. The molecule has 0 bridgehead atoms. The zero-order chi connectivity index (χ0) is 19.5. The molecular weight excluding hydrogens is 368 g/mol. The average Bonchev–Trinajstić information content (AvgIpc) is 3.34. The number of rotatable bonds is 5. The van der Waals surface area contributed by atoms with Gasteiger partial charge in [0.05, 0.1) is 10.2 Å². The van der Waals surface area contributed by atoms with Crippen LogP contribution < -0.4 is 10.2 Å². The van der Waals surface area contributed by atoms with Crippen LogP contribution in [0.5, 0.6) is 0 Å². The summed E-state index contributed by atoms with van der Waals surface area (Å²) in [6.45, 7) is 2.05. The molecule has 144 valence electrons. The summed E-state index contributed by atoms with van der Waals surface area (Å²) >= 11 is 1.69. The van der Waals surface area contributed by atoms with Gasteiger partial charge in [-0.1, -0.05) is 41.7 Å². The summed E-state index contributed by atoms with van der Waals surface area (Å²) in [4.78, 5) is 21.6. The minimum atomic E-state index is -0.138. The van der Waals surface area contributed by atoms with Gasteiger partial charge in [-0.3, -0.25) is 4.79 Å². The molecule has 1 unspecified atom stereocenters. The highest BCUT2D eigenvalue weighted by atomic mass is 32.1. The Morgan fingerprint density at radius 2 is 2.07 bits per heavy atom. The Hall–Kier alpha value is -2.70. The molecule has 1 saturated heterocycles. The van der Waals surface area contributed by atoms with Crippen LogP contribution in [0.15, 0.2) is 54.6 Å². The maximum atomic E-state index is 12.2. The van der Waals surface area contributed by atoms with E-state index in [0.717, 1.165) is 46.1 Å². The Labute approximate surface area is 169 Å². The number of amides is 1. The van der Waals surface area contributed by atoms with Crippen molar-refractivity contribution in [1.29, 1.82) is 0 Å². The molecule has 5 nitrogen and oxygen atoms in total. The van der Waals surface area contributed by atoms with Crippen molar-refractivity contribution in [1.82, 2.24) is 9.88 Å². The second-order valence-electron chi connectivity index (χ2n) is 7.26. The van der Waals surface area contributed by atoms with Crippen LogP contribution in [-0.2, 0) is 4.79 Å². The van der Waals surface area contributed by atoms with Gasteiger partial charge in [0.25, 0.3) is 0 Å². The summed E-state index contributed by atoms with van der Waals surface area (Å²) in [6, 6.07) is 16.3.